The Morgan fingerprint density at radius 3 is 1.31 bits per heavy atom. The summed E-state index contributed by atoms with van der Waals surface area (Å²) in [4.78, 5) is 0. The minimum absolute atomic E-state index is 0.374. The Hall–Kier alpha value is -0.330. The van der Waals surface area contributed by atoms with Crippen LogP contribution in [0.3, 0.4) is 0 Å². The van der Waals surface area contributed by atoms with Crippen LogP contribution < -0.4 is 0 Å². The van der Waals surface area contributed by atoms with Gasteiger partial charge in [-0.2, -0.15) is 0 Å². The van der Waals surface area contributed by atoms with Gasteiger partial charge in [-0.1, -0.05) is 41.5 Å². The van der Waals surface area contributed by atoms with Crippen LogP contribution in [0.2, 0.25) is 0 Å². The van der Waals surface area contributed by atoms with Crippen molar-refractivity contribution in [1.29, 1.82) is 0 Å². The average molecular weight is 182 g/mol. The Morgan fingerprint density at radius 1 is 0.923 bits per heavy atom. The summed E-state index contributed by atoms with van der Waals surface area (Å²) < 4.78 is 2.18. The van der Waals surface area contributed by atoms with Crippen LogP contribution in [0.15, 0.2) is 0 Å². The molecule has 0 aromatic rings. The molecule has 0 aliphatic carbocycles. The first kappa shape index (κ1) is 10.7. The van der Waals surface area contributed by atoms with Gasteiger partial charge in [0, 0.05) is 0 Å². The molecule has 1 fully saturated rings. The first-order valence-electron chi connectivity index (χ1n) is 5.16. The summed E-state index contributed by atoms with van der Waals surface area (Å²) in [5, 5.41) is 0. The van der Waals surface area contributed by atoms with Crippen LogP contribution in [-0.2, 0) is 0 Å². The number of hydrogen-bond acceptors (Lipinski definition) is 0. The van der Waals surface area contributed by atoms with Crippen LogP contribution in [0.4, 0.5) is 0 Å². The lowest BCUT2D eigenvalue weighted by Gasteiger charge is -2.55. The molecular weight excluding hydrogens is 158 g/mol. The Morgan fingerprint density at radius 2 is 1.23 bits per heavy atom. The van der Waals surface area contributed by atoms with Crippen molar-refractivity contribution in [3.8, 4) is 0 Å². The van der Waals surface area contributed by atoms with E-state index >= 15 is 0 Å². The Labute approximate surface area is 82.9 Å². The molecule has 1 rings (SSSR count). The minimum atomic E-state index is 0.374. The molecule has 0 aromatic carbocycles. The molecule has 1 saturated heterocycles. The van der Waals surface area contributed by atoms with E-state index in [2.05, 4.69) is 52.8 Å². The maximum atomic E-state index is 4.00. The highest BCUT2D eigenvalue weighted by molar-refractivity contribution is 5.17. The van der Waals surface area contributed by atoms with Gasteiger partial charge in [0.05, 0.1) is 5.41 Å². The van der Waals surface area contributed by atoms with Gasteiger partial charge in [0.25, 0.3) is 0 Å². The third-order valence-corrected chi connectivity index (χ3v) is 3.86. The molecule has 0 atom stereocenters. The minimum Gasteiger partial charge on any atom is -0.240 e. The predicted molar refractivity (Wildman–Crippen MR) is 58.5 cm³/mol. The van der Waals surface area contributed by atoms with Gasteiger partial charge in [-0.25, -0.2) is 4.58 Å². The summed E-state index contributed by atoms with van der Waals surface area (Å²) in [6.45, 7) is 20.4. The van der Waals surface area contributed by atoms with Crippen LogP contribution in [0, 0.1) is 16.2 Å². The van der Waals surface area contributed by atoms with Crippen LogP contribution in [0.5, 0.6) is 0 Å². The van der Waals surface area contributed by atoms with E-state index in [9.17, 15) is 0 Å². The first-order valence-corrected chi connectivity index (χ1v) is 5.16. The Bertz CT molecular complexity index is 200. The van der Waals surface area contributed by atoms with Crippen molar-refractivity contribution in [2.45, 2.75) is 41.5 Å². The van der Waals surface area contributed by atoms with Crippen molar-refractivity contribution in [1.82, 2.24) is 0 Å². The second kappa shape index (κ2) is 2.59. The van der Waals surface area contributed by atoms with Crippen molar-refractivity contribution in [2.24, 2.45) is 16.2 Å². The summed E-state index contributed by atoms with van der Waals surface area (Å²) in [7, 11) is 0. The first-order chi connectivity index (χ1) is 5.60. The molecule has 1 nitrogen and oxygen atoms in total. The molecule has 1 aliphatic rings. The van der Waals surface area contributed by atoms with E-state index in [1.54, 1.807) is 0 Å². The molecule has 76 valence electrons. The molecule has 0 radical (unpaired) electrons. The standard InChI is InChI=1S/C12H24N/c1-10(2,3)12(11(4,5)6)8-13(7)9-12/h7-9H2,1-6H3/q+1. The second-order valence-electron chi connectivity index (χ2n) is 6.57. The van der Waals surface area contributed by atoms with Crippen molar-refractivity contribution < 1.29 is 4.58 Å². The van der Waals surface area contributed by atoms with Crippen molar-refractivity contribution in [3.05, 3.63) is 0 Å². The summed E-state index contributed by atoms with van der Waals surface area (Å²) in [5.74, 6) is 0. The zero-order valence-corrected chi connectivity index (χ0v) is 10.1. The summed E-state index contributed by atoms with van der Waals surface area (Å²) >= 11 is 0. The Balaban J connectivity index is 2.99. The fourth-order valence-corrected chi connectivity index (χ4v) is 2.79. The SMILES string of the molecule is C=[N+]1CC(C(C)(C)C)(C(C)(C)C)C1. The molecule has 0 aromatic heterocycles. The quantitative estimate of drug-likeness (QED) is 0.507. The lowest BCUT2D eigenvalue weighted by molar-refractivity contribution is -0.641. The van der Waals surface area contributed by atoms with E-state index in [0.717, 1.165) is 13.1 Å². The van der Waals surface area contributed by atoms with E-state index in [0.29, 0.717) is 16.2 Å². The van der Waals surface area contributed by atoms with E-state index in [4.69, 9.17) is 0 Å². The van der Waals surface area contributed by atoms with Gasteiger partial charge < -0.3 is 0 Å². The molecule has 1 aliphatic heterocycles. The van der Waals surface area contributed by atoms with Gasteiger partial charge in [0.2, 0.25) is 0 Å². The monoisotopic (exact) mass is 182 g/mol. The molecule has 0 unspecified atom stereocenters. The van der Waals surface area contributed by atoms with Crippen molar-refractivity contribution >= 4 is 6.72 Å². The lowest BCUT2D eigenvalue weighted by Crippen LogP contribution is -2.64. The molecule has 0 amide bonds. The molecule has 0 saturated carbocycles. The van der Waals surface area contributed by atoms with Crippen LogP contribution in [-0.4, -0.2) is 24.4 Å². The molecule has 1 heteroatoms. The summed E-state index contributed by atoms with van der Waals surface area (Å²) in [6, 6.07) is 0. The highest BCUT2D eigenvalue weighted by atomic mass is 15.1. The average Bonchev–Trinajstić information content (AvgIpc) is 1.74. The normalized spacial score (nSPS) is 22.8. The van der Waals surface area contributed by atoms with Gasteiger partial charge in [-0.15, -0.1) is 0 Å². The molecule has 13 heavy (non-hydrogen) atoms. The second-order valence-corrected chi connectivity index (χ2v) is 6.57. The lowest BCUT2D eigenvalue weighted by atomic mass is 9.51. The topological polar surface area (TPSA) is 3.01 Å². The third-order valence-electron chi connectivity index (χ3n) is 3.86. The number of hydrogen-bond donors (Lipinski definition) is 0. The van der Waals surface area contributed by atoms with Gasteiger partial charge in [0.15, 0.2) is 13.1 Å². The van der Waals surface area contributed by atoms with Gasteiger partial charge in [-0.3, -0.25) is 0 Å². The maximum absolute atomic E-state index is 4.00. The fraction of sp³-hybridized carbons (Fsp3) is 0.917. The van der Waals surface area contributed by atoms with E-state index in [1.807, 2.05) is 0 Å². The van der Waals surface area contributed by atoms with E-state index in [1.165, 1.54) is 0 Å². The van der Waals surface area contributed by atoms with Gasteiger partial charge in [0.1, 0.15) is 6.72 Å². The Kier molecular flexibility index (Phi) is 2.14. The molecule has 0 bridgehead atoms. The predicted octanol–water partition coefficient (Wildman–Crippen LogP) is 2.79. The van der Waals surface area contributed by atoms with E-state index < -0.39 is 0 Å². The smallest absolute Gasteiger partial charge is 0.155 e. The van der Waals surface area contributed by atoms with Gasteiger partial charge in [-0.05, 0) is 10.8 Å². The zero-order valence-electron chi connectivity index (χ0n) is 10.1. The van der Waals surface area contributed by atoms with Crippen molar-refractivity contribution in [2.75, 3.05) is 13.1 Å². The third kappa shape index (κ3) is 1.43. The summed E-state index contributed by atoms with van der Waals surface area (Å²) in [6.07, 6.45) is 0. The fourth-order valence-electron chi connectivity index (χ4n) is 2.79. The number of rotatable bonds is 0. The van der Waals surface area contributed by atoms with Crippen molar-refractivity contribution in [3.63, 3.8) is 0 Å². The van der Waals surface area contributed by atoms with Gasteiger partial charge >= 0.3 is 0 Å². The largest absolute Gasteiger partial charge is 0.240 e. The highest BCUT2D eigenvalue weighted by Gasteiger charge is 2.61. The highest BCUT2D eigenvalue weighted by Crippen LogP contribution is 2.55. The molecule has 0 N–H and O–H groups in total. The molecule has 0 spiro atoms. The molecule has 1 heterocycles. The zero-order chi connectivity index (χ0) is 10.5. The molecular formula is C12H24N+. The number of nitrogens with zero attached hydrogens (tertiary/aromatic N) is 1. The summed E-state index contributed by atoms with van der Waals surface area (Å²) in [5.41, 5.74) is 1.18. The van der Waals surface area contributed by atoms with E-state index in [-0.39, 0.29) is 0 Å². The van der Waals surface area contributed by atoms with Crippen LogP contribution in [0.1, 0.15) is 41.5 Å². The maximum Gasteiger partial charge on any atom is 0.155 e. The van der Waals surface area contributed by atoms with Crippen LogP contribution >= 0.6 is 0 Å². The van der Waals surface area contributed by atoms with Crippen LogP contribution in [0.25, 0.3) is 0 Å².